The van der Waals surface area contributed by atoms with E-state index in [1.807, 2.05) is 12.1 Å². The zero-order chi connectivity index (χ0) is 11.5. The fraction of sp³-hybridized carbons (Fsp3) is 0.500. The van der Waals surface area contributed by atoms with E-state index in [4.69, 9.17) is 28.9 Å². The van der Waals surface area contributed by atoms with Gasteiger partial charge in [0.2, 0.25) is 0 Å². The van der Waals surface area contributed by atoms with Crippen LogP contribution in [0.15, 0.2) is 18.2 Å². The van der Waals surface area contributed by atoms with Crippen LogP contribution in [0, 0.1) is 5.92 Å². The van der Waals surface area contributed by atoms with Crippen molar-refractivity contribution in [1.82, 2.24) is 5.32 Å². The number of hydrogen-bond donors (Lipinski definition) is 2. The second kappa shape index (κ2) is 5.37. The molecule has 1 aliphatic rings. The Hall–Kier alpha value is -0.280. The molecule has 16 heavy (non-hydrogen) atoms. The molecule has 0 amide bonds. The number of nitrogens with two attached hydrogens (primary N) is 1. The van der Waals surface area contributed by atoms with Gasteiger partial charge in [-0.15, -0.1) is 0 Å². The lowest BCUT2D eigenvalue weighted by Gasteiger charge is -2.18. The van der Waals surface area contributed by atoms with Crippen molar-refractivity contribution in [3.05, 3.63) is 33.8 Å². The first kappa shape index (κ1) is 12.2. The average Bonchev–Trinajstić information content (AvgIpc) is 3.07. The number of halogens is 2. The van der Waals surface area contributed by atoms with Crippen LogP contribution in [0.5, 0.6) is 0 Å². The lowest BCUT2D eigenvalue weighted by atomic mass is 10.1. The summed E-state index contributed by atoms with van der Waals surface area (Å²) in [5, 5.41) is 4.87. The van der Waals surface area contributed by atoms with Crippen molar-refractivity contribution in [2.75, 3.05) is 13.1 Å². The third-order valence-corrected chi connectivity index (χ3v) is 3.50. The fourth-order valence-electron chi connectivity index (χ4n) is 1.73. The van der Waals surface area contributed by atoms with Crippen molar-refractivity contribution in [1.29, 1.82) is 0 Å². The Bertz CT molecular complexity index is 364. The first-order chi connectivity index (χ1) is 7.70. The van der Waals surface area contributed by atoms with Crippen LogP contribution in [0.4, 0.5) is 0 Å². The molecule has 2 rings (SSSR count). The number of nitrogens with one attached hydrogen (secondary N) is 1. The Morgan fingerprint density at radius 2 is 2.12 bits per heavy atom. The summed E-state index contributed by atoms with van der Waals surface area (Å²) in [4.78, 5) is 0. The van der Waals surface area contributed by atoms with E-state index in [9.17, 15) is 0 Å². The van der Waals surface area contributed by atoms with Gasteiger partial charge in [-0.2, -0.15) is 0 Å². The van der Waals surface area contributed by atoms with Gasteiger partial charge >= 0.3 is 0 Å². The third kappa shape index (κ3) is 3.11. The lowest BCUT2D eigenvalue weighted by molar-refractivity contribution is 0.522. The topological polar surface area (TPSA) is 38.0 Å². The molecule has 1 aromatic carbocycles. The molecule has 0 heterocycles. The normalized spacial score (nSPS) is 17.4. The predicted molar refractivity (Wildman–Crippen MR) is 69.0 cm³/mol. The van der Waals surface area contributed by atoms with Crippen LogP contribution in [0.2, 0.25) is 10.0 Å². The fourth-order valence-corrected chi connectivity index (χ4v) is 2.16. The zero-order valence-electron chi connectivity index (χ0n) is 9.05. The second-order valence-corrected chi connectivity index (χ2v) is 5.15. The van der Waals surface area contributed by atoms with Crippen LogP contribution in [0.3, 0.4) is 0 Å². The molecular formula is C12H16Cl2N2. The molecule has 0 spiro atoms. The molecule has 1 fully saturated rings. The quantitative estimate of drug-likeness (QED) is 0.853. The van der Waals surface area contributed by atoms with Crippen molar-refractivity contribution in [2.45, 2.75) is 18.9 Å². The van der Waals surface area contributed by atoms with Crippen LogP contribution in [-0.4, -0.2) is 13.1 Å². The maximum absolute atomic E-state index is 6.15. The Balaban J connectivity index is 2.07. The maximum Gasteiger partial charge on any atom is 0.0460 e. The summed E-state index contributed by atoms with van der Waals surface area (Å²) < 4.78 is 0. The standard InChI is InChI=1S/C12H16Cl2N2/c13-9-3-4-11(14)10(5-9)12(6-15)16-7-8-1-2-8/h3-5,8,12,16H,1-2,6-7,15H2. The van der Waals surface area contributed by atoms with Gasteiger partial charge in [-0.05, 0) is 49.1 Å². The Labute approximate surface area is 106 Å². The summed E-state index contributed by atoms with van der Waals surface area (Å²) in [5.74, 6) is 0.826. The second-order valence-electron chi connectivity index (χ2n) is 4.31. The molecule has 0 radical (unpaired) electrons. The molecule has 4 heteroatoms. The summed E-state index contributed by atoms with van der Waals surface area (Å²) >= 11 is 12.1. The van der Waals surface area contributed by atoms with Crippen molar-refractivity contribution in [3.8, 4) is 0 Å². The van der Waals surface area contributed by atoms with Gasteiger partial charge in [-0.1, -0.05) is 23.2 Å². The van der Waals surface area contributed by atoms with Gasteiger partial charge in [-0.3, -0.25) is 0 Å². The Morgan fingerprint density at radius 3 is 2.75 bits per heavy atom. The molecule has 2 nitrogen and oxygen atoms in total. The van der Waals surface area contributed by atoms with Crippen molar-refractivity contribution in [3.63, 3.8) is 0 Å². The van der Waals surface area contributed by atoms with Gasteiger partial charge in [-0.25, -0.2) is 0 Å². The molecule has 0 aromatic heterocycles. The molecule has 88 valence electrons. The van der Waals surface area contributed by atoms with E-state index in [0.717, 1.165) is 23.0 Å². The van der Waals surface area contributed by atoms with Crippen LogP contribution >= 0.6 is 23.2 Å². The molecule has 1 unspecified atom stereocenters. The molecular weight excluding hydrogens is 243 g/mol. The maximum atomic E-state index is 6.15. The lowest BCUT2D eigenvalue weighted by Crippen LogP contribution is -2.30. The van der Waals surface area contributed by atoms with Crippen LogP contribution in [-0.2, 0) is 0 Å². The molecule has 1 aromatic rings. The van der Waals surface area contributed by atoms with Gasteiger partial charge in [0.1, 0.15) is 0 Å². The van der Waals surface area contributed by atoms with Crippen molar-refractivity contribution >= 4 is 23.2 Å². The highest BCUT2D eigenvalue weighted by atomic mass is 35.5. The number of rotatable bonds is 5. The highest BCUT2D eigenvalue weighted by Gasteiger charge is 2.23. The molecule has 3 N–H and O–H groups in total. The molecule has 1 atom stereocenters. The first-order valence-corrected chi connectivity index (χ1v) is 6.34. The van der Waals surface area contributed by atoms with Gasteiger partial charge < -0.3 is 11.1 Å². The van der Waals surface area contributed by atoms with E-state index in [2.05, 4.69) is 5.32 Å². The highest BCUT2D eigenvalue weighted by molar-refractivity contribution is 6.33. The number of benzene rings is 1. The Morgan fingerprint density at radius 1 is 1.38 bits per heavy atom. The summed E-state index contributed by atoms with van der Waals surface area (Å²) in [6, 6.07) is 5.61. The van der Waals surface area contributed by atoms with Gasteiger partial charge in [0, 0.05) is 22.6 Å². The van der Waals surface area contributed by atoms with E-state index < -0.39 is 0 Å². The van der Waals surface area contributed by atoms with E-state index >= 15 is 0 Å². The van der Waals surface area contributed by atoms with Crippen LogP contribution in [0.1, 0.15) is 24.4 Å². The van der Waals surface area contributed by atoms with E-state index in [1.54, 1.807) is 6.07 Å². The molecule has 0 bridgehead atoms. The predicted octanol–water partition coefficient (Wildman–Crippen LogP) is 2.99. The minimum atomic E-state index is 0.104. The monoisotopic (exact) mass is 258 g/mol. The third-order valence-electron chi connectivity index (χ3n) is 2.92. The molecule has 1 aliphatic carbocycles. The largest absolute Gasteiger partial charge is 0.329 e. The SMILES string of the molecule is NCC(NCC1CC1)c1cc(Cl)ccc1Cl. The zero-order valence-corrected chi connectivity index (χ0v) is 10.6. The van der Waals surface area contributed by atoms with Crippen LogP contribution in [0.25, 0.3) is 0 Å². The van der Waals surface area contributed by atoms with Crippen LogP contribution < -0.4 is 11.1 Å². The minimum absolute atomic E-state index is 0.104. The highest BCUT2D eigenvalue weighted by Crippen LogP contribution is 2.30. The van der Waals surface area contributed by atoms with E-state index in [-0.39, 0.29) is 6.04 Å². The minimum Gasteiger partial charge on any atom is -0.329 e. The Kier molecular flexibility index (Phi) is 4.09. The summed E-state index contributed by atoms with van der Waals surface area (Å²) in [5.41, 5.74) is 6.76. The van der Waals surface area contributed by atoms with Gasteiger partial charge in [0.15, 0.2) is 0 Å². The molecule has 1 saturated carbocycles. The average molecular weight is 259 g/mol. The van der Waals surface area contributed by atoms with E-state index in [1.165, 1.54) is 12.8 Å². The molecule has 0 aliphatic heterocycles. The van der Waals surface area contributed by atoms with Gasteiger partial charge in [0.25, 0.3) is 0 Å². The smallest absolute Gasteiger partial charge is 0.0460 e. The number of hydrogen-bond acceptors (Lipinski definition) is 2. The summed E-state index contributed by atoms with van der Waals surface area (Å²) in [7, 11) is 0. The first-order valence-electron chi connectivity index (χ1n) is 5.59. The summed E-state index contributed by atoms with van der Waals surface area (Å²) in [6.45, 7) is 1.55. The van der Waals surface area contributed by atoms with Gasteiger partial charge in [0.05, 0.1) is 0 Å². The van der Waals surface area contributed by atoms with Crippen molar-refractivity contribution < 1.29 is 0 Å². The molecule has 0 saturated heterocycles. The summed E-state index contributed by atoms with van der Waals surface area (Å²) in [6.07, 6.45) is 2.65. The van der Waals surface area contributed by atoms with Crippen molar-refractivity contribution in [2.24, 2.45) is 11.7 Å². The van der Waals surface area contributed by atoms with E-state index in [0.29, 0.717) is 11.6 Å².